The second-order valence-corrected chi connectivity index (χ2v) is 7.36. The van der Waals surface area contributed by atoms with Gasteiger partial charge in [-0.05, 0) is 17.7 Å². The molecule has 3 N–H and O–H groups in total. The van der Waals surface area contributed by atoms with Crippen molar-refractivity contribution in [2.45, 2.75) is 6.04 Å². The Morgan fingerprint density at radius 1 is 0.812 bits per heavy atom. The van der Waals surface area contributed by atoms with Crippen molar-refractivity contribution in [3.05, 3.63) is 103 Å². The van der Waals surface area contributed by atoms with Crippen LogP contribution >= 0.6 is 0 Å². The van der Waals surface area contributed by atoms with Gasteiger partial charge in [0, 0.05) is 11.3 Å². The summed E-state index contributed by atoms with van der Waals surface area (Å²) in [5.74, 6) is 1.26. The predicted molar refractivity (Wildman–Crippen MR) is 127 cm³/mol. The molecule has 6 nitrogen and oxygen atoms in total. The first-order valence-corrected chi connectivity index (χ1v) is 10.4. The summed E-state index contributed by atoms with van der Waals surface area (Å²) in [5, 5.41) is 17.6. The van der Waals surface area contributed by atoms with Gasteiger partial charge in [0.1, 0.15) is 17.5 Å². The maximum Gasteiger partial charge on any atom is 0.234 e. The van der Waals surface area contributed by atoms with Crippen molar-refractivity contribution in [2.24, 2.45) is 0 Å². The number of hydrogen-bond donors (Lipinski definition) is 3. The number of aliphatic hydroxyl groups is 1. The molecular formula is C26H22N4O2. The molecule has 0 saturated carbocycles. The van der Waals surface area contributed by atoms with Crippen LogP contribution in [-0.4, -0.2) is 21.7 Å². The standard InChI is InChI=1S/C26H22N4O2/c31-16-21(18-10-4-1-5-11-18)30-25-22-23(29-20-14-8-3-9-15-20)24(19-12-6-2-7-13-19)32-26(22)28-17-27-25/h1-15,17,21,29,31H,16H2,(H,27,28,30). The number of aliphatic hydroxyl groups excluding tert-OH is 1. The molecule has 32 heavy (non-hydrogen) atoms. The Balaban J connectivity index is 1.65. The van der Waals surface area contributed by atoms with Crippen LogP contribution < -0.4 is 10.6 Å². The Morgan fingerprint density at radius 3 is 2.16 bits per heavy atom. The zero-order valence-electron chi connectivity index (χ0n) is 17.3. The summed E-state index contributed by atoms with van der Waals surface area (Å²) in [6, 6.07) is 29.3. The molecule has 2 heterocycles. The van der Waals surface area contributed by atoms with Crippen LogP contribution in [0.3, 0.4) is 0 Å². The molecule has 2 aromatic heterocycles. The molecule has 5 rings (SSSR count). The Bertz CT molecular complexity index is 1310. The van der Waals surface area contributed by atoms with Crippen LogP contribution in [-0.2, 0) is 0 Å². The van der Waals surface area contributed by atoms with Crippen molar-refractivity contribution in [3.8, 4) is 11.3 Å². The average molecular weight is 422 g/mol. The van der Waals surface area contributed by atoms with Gasteiger partial charge in [0.05, 0.1) is 18.3 Å². The minimum atomic E-state index is -0.325. The highest BCUT2D eigenvalue weighted by Gasteiger charge is 2.22. The summed E-state index contributed by atoms with van der Waals surface area (Å²) >= 11 is 0. The number of furan rings is 1. The van der Waals surface area contributed by atoms with Crippen molar-refractivity contribution >= 4 is 28.3 Å². The van der Waals surface area contributed by atoms with E-state index >= 15 is 0 Å². The lowest BCUT2D eigenvalue weighted by Gasteiger charge is -2.18. The van der Waals surface area contributed by atoms with Gasteiger partial charge in [-0.3, -0.25) is 0 Å². The Labute approximate surface area is 185 Å². The Hall–Kier alpha value is -4.16. The molecule has 0 aliphatic rings. The third-order valence-corrected chi connectivity index (χ3v) is 5.26. The van der Waals surface area contributed by atoms with Gasteiger partial charge in [-0.1, -0.05) is 78.9 Å². The summed E-state index contributed by atoms with van der Waals surface area (Å²) in [7, 11) is 0. The maximum absolute atomic E-state index is 10.1. The number of anilines is 3. The summed E-state index contributed by atoms with van der Waals surface area (Å²) in [4.78, 5) is 8.87. The van der Waals surface area contributed by atoms with Crippen LogP contribution in [0.1, 0.15) is 11.6 Å². The first-order chi connectivity index (χ1) is 15.8. The van der Waals surface area contributed by atoms with Crippen LogP contribution in [0.15, 0.2) is 102 Å². The highest BCUT2D eigenvalue weighted by molar-refractivity contribution is 6.05. The zero-order chi connectivity index (χ0) is 21.8. The summed E-state index contributed by atoms with van der Waals surface area (Å²) in [5.41, 5.74) is 4.04. The average Bonchev–Trinajstić information content (AvgIpc) is 3.23. The lowest BCUT2D eigenvalue weighted by atomic mass is 10.1. The number of rotatable bonds is 7. The minimum Gasteiger partial charge on any atom is -0.435 e. The van der Waals surface area contributed by atoms with Crippen LogP contribution in [0.25, 0.3) is 22.4 Å². The topological polar surface area (TPSA) is 83.2 Å². The lowest BCUT2D eigenvalue weighted by Crippen LogP contribution is -2.16. The fourth-order valence-corrected chi connectivity index (χ4v) is 3.71. The Morgan fingerprint density at radius 2 is 1.47 bits per heavy atom. The third-order valence-electron chi connectivity index (χ3n) is 5.26. The number of benzene rings is 3. The van der Waals surface area contributed by atoms with Crippen molar-refractivity contribution in [1.29, 1.82) is 0 Å². The summed E-state index contributed by atoms with van der Waals surface area (Å²) in [6.07, 6.45) is 1.47. The first-order valence-electron chi connectivity index (χ1n) is 10.4. The van der Waals surface area contributed by atoms with Crippen molar-refractivity contribution in [2.75, 3.05) is 17.2 Å². The summed E-state index contributed by atoms with van der Waals surface area (Å²) < 4.78 is 6.20. The minimum absolute atomic E-state index is 0.0830. The van der Waals surface area contributed by atoms with Gasteiger partial charge in [0.15, 0.2) is 5.76 Å². The monoisotopic (exact) mass is 422 g/mol. The SMILES string of the molecule is OCC(Nc1ncnc2oc(-c3ccccc3)c(Nc3ccccc3)c12)c1ccccc1. The van der Waals surface area contributed by atoms with Crippen LogP contribution in [0.5, 0.6) is 0 Å². The molecule has 1 unspecified atom stereocenters. The molecule has 158 valence electrons. The van der Waals surface area contributed by atoms with E-state index in [1.54, 1.807) is 0 Å². The number of fused-ring (bicyclic) bond motifs is 1. The zero-order valence-corrected chi connectivity index (χ0v) is 17.3. The van der Waals surface area contributed by atoms with Gasteiger partial charge in [0.25, 0.3) is 0 Å². The molecule has 0 fully saturated rings. The van der Waals surface area contributed by atoms with E-state index in [0.29, 0.717) is 17.3 Å². The number of aromatic nitrogens is 2. The maximum atomic E-state index is 10.1. The third kappa shape index (κ3) is 3.91. The van der Waals surface area contributed by atoms with E-state index in [1.165, 1.54) is 6.33 Å². The second kappa shape index (κ2) is 8.91. The van der Waals surface area contributed by atoms with Crippen molar-refractivity contribution < 1.29 is 9.52 Å². The van der Waals surface area contributed by atoms with E-state index in [0.717, 1.165) is 27.9 Å². The first kappa shape index (κ1) is 19.8. The van der Waals surface area contributed by atoms with Gasteiger partial charge >= 0.3 is 0 Å². The molecule has 0 aliphatic carbocycles. The molecular weight excluding hydrogens is 400 g/mol. The van der Waals surface area contributed by atoms with Crippen molar-refractivity contribution in [1.82, 2.24) is 9.97 Å². The molecule has 0 amide bonds. The molecule has 0 aliphatic heterocycles. The number of hydrogen-bond acceptors (Lipinski definition) is 6. The fourth-order valence-electron chi connectivity index (χ4n) is 3.71. The van der Waals surface area contributed by atoms with Gasteiger partial charge < -0.3 is 20.2 Å². The molecule has 6 heteroatoms. The van der Waals surface area contributed by atoms with E-state index in [4.69, 9.17) is 4.42 Å². The molecule has 0 spiro atoms. The number of para-hydroxylation sites is 1. The summed E-state index contributed by atoms with van der Waals surface area (Å²) in [6.45, 7) is -0.0830. The highest BCUT2D eigenvalue weighted by atomic mass is 16.3. The molecule has 1 atom stereocenters. The van der Waals surface area contributed by atoms with Crippen LogP contribution in [0, 0.1) is 0 Å². The Kier molecular flexibility index (Phi) is 5.51. The van der Waals surface area contributed by atoms with Gasteiger partial charge in [0.2, 0.25) is 5.71 Å². The molecule has 3 aromatic carbocycles. The van der Waals surface area contributed by atoms with Gasteiger partial charge in [-0.2, -0.15) is 0 Å². The van der Waals surface area contributed by atoms with E-state index in [2.05, 4.69) is 20.6 Å². The highest BCUT2D eigenvalue weighted by Crippen LogP contribution is 2.42. The van der Waals surface area contributed by atoms with Gasteiger partial charge in [-0.25, -0.2) is 9.97 Å². The smallest absolute Gasteiger partial charge is 0.234 e. The van der Waals surface area contributed by atoms with E-state index in [9.17, 15) is 5.11 Å². The van der Waals surface area contributed by atoms with E-state index in [1.807, 2.05) is 91.0 Å². The van der Waals surface area contributed by atoms with E-state index in [-0.39, 0.29) is 12.6 Å². The number of nitrogens with zero attached hydrogens (tertiary/aromatic N) is 2. The van der Waals surface area contributed by atoms with Crippen molar-refractivity contribution in [3.63, 3.8) is 0 Å². The molecule has 0 saturated heterocycles. The lowest BCUT2D eigenvalue weighted by molar-refractivity contribution is 0.276. The fraction of sp³-hybridized carbons (Fsp3) is 0.0769. The number of nitrogens with one attached hydrogen (secondary N) is 2. The van der Waals surface area contributed by atoms with E-state index < -0.39 is 0 Å². The predicted octanol–water partition coefficient (Wildman–Crippen LogP) is 5.78. The van der Waals surface area contributed by atoms with Crippen LogP contribution in [0.2, 0.25) is 0 Å². The normalized spacial score (nSPS) is 11.9. The quantitative estimate of drug-likeness (QED) is 0.308. The molecule has 0 bridgehead atoms. The van der Waals surface area contributed by atoms with Crippen LogP contribution in [0.4, 0.5) is 17.2 Å². The molecule has 5 aromatic rings. The molecule has 0 radical (unpaired) electrons. The largest absolute Gasteiger partial charge is 0.435 e. The van der Waals surface area contributed by atoms with Gasteiger partial charge in [-0.15, -0.1) is 0 Å². The second-order valence-electron chi connectivity index (χ2n) is 7.36.